The van der Waals surface area contributed by atoms with Gasteiger partial charge in [0, 0.05) is 38.1 Å². The van der Waals surface area contributed by atoms with Crippen LogP contribution in [0.15, 0.2) is 42.5 Å². The molecule has 0 amide bonds. The van der Waals surface area contributed by atoms with Gasteiger partial charge in [-0.2, -0.15) is 0 Å². The standard InChI is InChI=1S/C21H26Cl2N2.C4H12N2/c1-24(2)12-13-25(3)21-11-9-16(17-6-4-5-7-18(17)21)15-8-10-19(22)20(23)14-15;1-6(2)4-3-5/h4-8,10,14,16,21H,9,11-13H2,1-3H3;3-5H2,1-2H3/t16-,21-;/m0./s1. The van der Waals surface area contributed by atoms with Crippen molar-refractivity contribution >= 4 is 23.2 Å². The highest BCUT2D eigenvalue weighted by Crippen LogP contribution is 2.44. The SMILES string of the molecule is CN(C)CCN.CN(C)CCN(C)[C@H]1CC[C@@H](c2ccc(Cl)c(Cl)c2)c2ccccc21. The highest BCUT2D eigenvalue weighted by molar-refractivity contribution is 6.42. The highest BCUT2D eigenvalue weighted by Gasteiger charge is 2.30. The lowest BCUT2D eigenvalue weighted by Gasteiger charge is -2.37. The molecule has 2 atom stereocenters. The minimum absolute atomic E-state index is 0.393. The van der Waals surface area contributed by atoms with Crippen LogP contribution in [-0.4, -0.2) is 76.1 Å². The molecule has 2 aromatic carbocycles. The Bertz CT molecular complexity index is 810. The summed E-state index contributed by atoms with van der Waals surface area (Å²) < 4.78 is 0. The van der Waals surface area contributed by atoms with Crippen LogP contribution in [0, 0.1) is 0 Å². The van der Waals surface area contributed by atoms with Gasteiger partial charge in [-0.25, -0.2) is 0 Å². The molecular weight excluding hydrogens is 427 g/mol. The molecule has 1 aliphatic rings. The number of nitrogens with two attached hydrogens (primary N) is 1. The first-order valence-electron chi connectivity index (χ1n) is 11.0. The zero-order chi connectivity index (χ0) is 23.0. The van der Waals surface area contributed by atoms with E-state index >= 15 is 0 Å². The second kappa shape index (κ2) is 12.8. The number of fused-ring (bicyclic) bond motifs is 1. The van der Waals surface area contributed by atoms with Crippen molar-refractivity contribution in [2.75, 3.05) is 61.4 Å². The number of nitrogens with zero attached hydrogens (tertiary/aromatic N) is 3. The second-order valence-electron chi connectivity index (χ2n) is 8.82. The molecule has 0 heterocycles. The number of likely N-dealkylation sites (N-methyl/N-ethyl adjacent to an activating group) is 3. The van der Waals surface area contributed by atoms with E-state index in [0.29, 0.717) is 22.0 Å². The Labute approximate surface area is 198 Å². The molecule has 0 unspecified atom stereocenters. The van der Waals surface area contributed by atoms with E-state index < -0.39 is 0 Å². The lowest BCUT2D eigenvalue weighted by molar-refractivity contribution is 0.197. The van der Waals surface area contributed by atoms with Crippen molar-refractivity contribution in [2.45, 2.75) is 24.8 Å². The van der Waals surface area contributed by atoms with Gasteiger partial charge in [-0.1, -0.05) is 53.5 Å². The summed E-state index contributed by atoms with van der Waals surface area (Å²) in [5.41, 5.74) is 9.32. The van der Waals surface area contributed by atoms with Crippen molar-refractivity contribution in [1.82, 2.24) is 14.7 Å². The largest absolute Gasteiger partial charge is 0.329 e. The molecule has 0 saturated heterocycles. The van der Waals surface area contributed by atoms with Gasteiger partial charge in [0.25, 0.3) is 0 Å². The van der Waals surface area contributed by atoms with E-state index in [4.69, 9.17) is 28.9 Å². The van der Waals surface area contributed by atoms with Gasteiger partial charge >= 0.3 is 0 Å². The summed E-state index contributed by atoms with van der Waals surface area (Å²) in [6, 6.07) is 15.4. The van der Waals surface area contributed by atoms with Gasteiger partial charge in [-0.05, 0) is 76.9 Å². The Morgan fingerprint density at radius 2 is 1.45 bits per heavy atom. The molecule has 0 aromatic heterocycles. The van der Waals surface area contributed by atoms with Gasteiger partial charge < -0.3 is 15.5 Å². The molecule has 0 saturated carbocycles. The first-order chi connectivity index (χ1) is 14.7. The maximum absolute atomic E-state index is 6.27. The number of hydrogen-bond donors (Lipinski definition) is 1. The molecule has 6 heteroatoms. The normalized spacial score (nSPS) is 18.2. The zero-order valence-electron chi connectivity index (χ0n) is 19.6. The Morgan fingerprint density at radius 1 is 0.806 bits per heavy atom. The summed E-state index contributed by atoms with van der Waals surface area (Å²) in [5, 5.41) is 1.26. The third-order valence-electron chi connectivity index (χ3n) is 5.81. The minimum atomic E-state index is 0.393. The molecule has 31 heavy (non-hydrogen) atoms. The molecule has 0 fully saturated rings. The Morgan fingerprint density at radius 3 is 2.00 bits per heavy atom. The van der Waals surface area contributed by atoms with Crippen molar-refractivity contribution in [2.24, 2.45) is 5.73 Å². The average Bonchev–Trinajstić information content (AvgIpc) is 2.73. The molecule has 0 aliphatic heterocycles. The fourth-order valence-electron chi connectivity index (χ4n) is 4.07. The maximum Gasteiger partial charge on any atom is 0.0595 e. The van der Waals surface area contributed by atoms with Crippen molar-refractivity contribution < 1.29 is 0 Å². The second-order valence-corrected chi connectivity index (χ2v) is 9.64. The van der Waals surface area contributed by atoms with E-state index in [2.05, 4.69) is 66.2 Å². The van der Waals surface area contributed by atoms with Crippen molar-refractivity contribution in [3.8, 4) is 0 Å². The van der Waals surface area contributed by atoms with Crippen molar-refractivity contribution in [1.29, 1.82) is 0 Å². The van der Waals surface area contributed by atoms with Crippen LogP contribution in [0.3, 0.4) is 0 Å². The third-order valence-corrected chi connectivity index (χ3v) is 6.55. The van der Waals surface area contributed by atoms with Crippen LogP contribution >= 0.6 is 23.2 Å². The monoisotopic (exact) mass is 464 g/mol. The predicted molar refractivity (Wildman–Crippen MR) is 136 cm³/mol. The average molecular weight is 466 g/mol. The summed E-state index contributed by atoms with van der Waals surface area (Å²) >= 11 is 12.4. The lowest BCUT2D eigenvalue weighted by Crippen LogP contribution is -2.34. The van der Waals surface area contributed by atoms with Crippen LogP contribution in [0.5, 0.6) is 0 Å². The Hall–Kier alpha value is -1.14. The van der Waals surface area contributed by atoms with Crippen molar-refractivity contribution in [3.05, 3.63) is 69.2 Å². The fraction of sp³-hybridized carbons (Fsp3) is 0.520. The van der Waals surface area contributed by atoms with Gasteiger partial charge in [0.1, 0.15) is 0 Å². The first-order valence-corrected chi connectivity index (χ1v) is 11.7. The molecule has 4 nitrogen and oxygen atoms in total. The topological polar surface area (TPSA) is 35.7 Å². The molecule has 0 spiro atoms. The van der Waals surface area contributed by atoms with Crippen LogP contribution in [0.2, 0.25) is 10.0 Å². The van der Waals surface area contributed by atoms with Gasteiger partial charge in [0.15, 0.2) is 0 Å². The molecular formula is C25H38Cl2N4. The fourth-order valence-corrected chi connectivity index (χ4v) is 4.38. The van der Waals surface area contributed by atoms with Crippen LogP contribution in [0.1, 0.15) is 41.5 Å². The van der Waals surface area contributed by atoms with Gasteiger partial charge in [-0.3, -0.25) is 4.90 Å². The van der Waals surface area contributed by atoms with Crippen LogP contribution in [0.4, 0.5) is 0 Å². The van der Waals surface area contributed by atoms with E-state index in [1.165, 1.54) is 16.7 Å². The smallest absolute Gasteiger partial charge is 0.0595 e. The summed E-state index contributed by atoms with van der Waals surface area (Å²) in [6.45, 7) is 3.89. The van der Waals surface area contributed by atoms with E-state index in [-0.39, 0.29) is 0 Å². The first kappa shape index (κ1) is 26.1. The molecule has 2 aromatic rings. The zero-order valence-corrected chi connectivity index (χ0v) is 21.1. The summed E-state index contributed by atoms with van der Waals surface area (Å²) in [4.78, 5) is 6.79. The van der Waals surface area contributed by atoms with Crippen LogP contribution < -0.4 is 5.73 Å². The van der Waals surface area contributed by atoms with Crippen LogP contribution in [0.25, 0.3) is 0 Å². The molecule has 172 valence electrons. The van der Waals surface area contributed by atoms with E-state index in [1.54, 1.807) is 0 Å². The summed E-state index contributed by atoms with van der Waals surface area (Å²) in [6.07, 6.45) is 2.29. The molecule has 1 aliphatic carbocycles. The van der Waals surface area contributed by atoms with E-state index in [0.717, 1.165) is 39.0 Å². The quantitative estimate of drug-likeness (QED) is 0.627. The molecule has 0 bridgehead atoms. The molecule has 0 radical (unpaired) electrons. The number of halogens is 2. The third kappa shape index (κ3) is 7.74. The predicted octanol–water partition coefficient (Wildman–Crippen LogP) is 4.96. The van der Waals surface area contributed by atoms with Gasteiger partial charge in [0.2, 0.25) is 0 Å². The van der Waals surface area contributed by atoms with E-state index in [1.807, 2.05) is 26.2 Å². The van der Waals surface area contributed by atoms with Gasteiger partial charge in [-0.15, -0.1) is 0 Å². The Kier molecular flexibility index (Phi) is 10.8. The molecule has 3 rings (SSSR count). The highest BCUT2D eigenvalue weighted by atomic mass is 35.5. The lowest BCUT2D eigenvalue weighted by atomic mass is 9.76. The maximum atomic E-state index is 6.27. The van der Waals surface area contributed by atoms with Crippen LogP contribution in [-0.2, 0) is 0 Å². The minimum Gasteiger partial charge on any atom is -0.329 e. The molecule has 2 N–H and O–H groups in total. The number of hydrogen-bond acceptors (Lipinski definition) is 4. The van der Waals surface area contributed by atoms with E-state index in [9.17, 15) is 0 Å². The summed E-state index contributed by atoms with van der Waals surface area (Å²) in [7, 11) is 10.5. The number of benzene rings is 2. The Balaban J connectivity index is 0.000000501. The summed E-state index contributed by atoms with van der Waals surface area (Å²) in [5.74, 6) is 0.393. The van der Waals surface area contributed by atoms with Gasteiger partial charge in [0.05, 0.1) is 10.0 Å². The number of rotatable bonds is 7. The van der Waals surface area contributed by atoms with Crippen molar-refractivity contribution in [3.63, 3.8) is 0 Å².